The maximum absolute atomic E-state index is 12.4. The lowest BCUT2D eigenvalue weighted by Gasteiger charge is -2.07. The Kier molecular flexibility index (Phi) is 6.17. The van der Waals surface area contributed by atoms with Crippen LogP contribution >= 0.6 is 22.6 Å². The number of pyridine rings is 1. The molecule has 0 aliphatic carbocycles. The molecule has 0 spiro atoms. The Bertz CT molecular complexity index is 780. The predicted molar refractivity (Wildman–Crippen MR) is 92.7 cm³/mol. The van der Waals surface area contributed by atoms with Gasteiger partial charge in [0, 0.05) is 6.20 Å². The van der Waals surface area contributed by atoms with E-state index in [1.165, 1.54) is 12.3 Å². The number of aromatic nitrogens is 1. The summed E-state index contributed by atoms with van der Waals surface area (Å²) in [6, 6.07) is 7.05. The minimum Gasteiger partial charge on any atom is -0.481 e. The van der Waals surface area contributed by atoms with Crippen molar-refractivity contribution in [3.8, 4) is 5.75 Å². The van der Waals surface area contributed by atoms with Crippen LogP contribution in [0.3, 0.4) is 0 Å². The zero-order valence-electron chi connectivity index (χ0n) is 12.4. The zero-order chi connectivity index (χ0) is 18.4. The molecule has 0 fully saturated rings. The van der Waals surface area contributed by atoms with E-state index in [4.69, 9.17) is 9.84 Å². The fourth-order valence-electron chi connectivity index (χ4n) is 1.65. The van der Waals surface area contributed by atoms with E-state index >= 15 is 0 Å². The third kappa shape index (κ3) is 5.89. The molecule has 132 valence electrons. The normalized spacial score (nSPS) is 11.5. The lowest BCUT2D eigenvalue weighted by atomic mass is 10.2. The van der Waals surface area contributed by atoms with Crippen LogP contribution in [-0.2, 0) is 11.0 Å². The number of carboxylic acids is 1. The first-order chi connectivity index (χ1) is 11.8. The number of aliphatic carboxylic acids is 1. The van der Waals surface area contributed by atoms with Gasteiger partial charge >= 0.3 is 12.1 Å². The van der Waals surface area contributed by atoms with E-state index in [0.29, 0.717) is 14.9 Å². The Morgan fingerprint density at radius 1 is 1.36 bits per heavy atom. The zero-order valence-corrected chi connectivity index (χ0v) is 14.6. The molecular weight excluding hydrogens is 454 g/mol. The van der Waals surface area contributed by atoms with Crippen molar-refractivity contribution in [1.82, 2.24) is 4.98 Å². The number of halogens is 4. The SMILES string of the molecule is O=C(O)COc1ccc(/C=N\Nc2ccc(C(F)(F)F)cn2)cc1I. The molecule has 0 atom stereocenters. The van der Waals surface area contributed by atoms with Crippen LogP contribution in [0.2, 0.25) is 0 Å². The smallest absolute Gasteiger partial charge is 0.417 e. The molecule has 0 radical (unpaired) electrons. The Labute approximate surface area is 153 Å². The Morgan fingerprint density at radius 2 is 2.12 bits per heavy atom. The molecule has 0 saturated heterocycles. The molecule has 0 unspecified atom stereocenters. The van der Waals surface area contributed by atoms with Crippen molar-refractivity contribution >= 4 is 40.6 Å². The summed E-state index contributed by atoms with van der Waals surface area (Å²) in [5.74, 6) is -0.479. The van der Waals surface area contributed by atoms with Gasteiger partial charge in [0.2, 0.25) is 0 Å². The van der Waals surface area contributed by atoms with Gasteiger partial charge in [-0.3, -0.25) is 5.43 Å². The Morgan fingerprint density at radius 3 is 2.68 bits per heavy atom. The lowest BCUT2D eigenvalue weighted by molar-refractivity contribution is -0.139. The average Bonchev–Trinajstić information content (AvgIpc) is 2.53. The number of hydrogen-bond acceptors (Lipinski definition) is 5. The molecule has 6 nitrogen and oxygen atoms in total. The molecule has 0 amide bonds. The van der Waals surface area contributed by atoms with E-state index in [0.717, 1.165) is 12.3 Å². The summed E-state index contributed by atoms with van der Waals surface area (Å²) < 4.78 is 43.1. The first kappa shape index (κ1) is 19.0. The quantitative estimate of drug-likeness (QED) is 0.387. The highest BCUT2D eigenvalue weighted by Crippen LogP contribution is 2.28. The monoisotopic (exact) mass is 465 g/mol. The van der Waals surface area contributed by atoms with Crippen LogP contribution in [0, 0.1) is 3.57 Å². The fourth-order valence-corrected chi connectivity index (χ4v) is 2.35. The van der Waals surface area contributed by atoms with Crippen LogP contribution in [0.4, 0.5) is 19.0 Å². The lowest BCUT2D eigenvalue weighted by Crippen LogP contribution is -2.10. The van der Waals surface area contributed by atoms with Crippen molar-refractivity contribution in [3.05, 3.63) is 51.2 Å². The van der Waals surface area contributed by atoms with Crippen LogP contribution in [0.1, 0.15) is 11.1 Å². The van der Waals surface area contributed by atoms with Crippen LogP contribution in [0.15, 0.2) is 41.6 Å². The Hall–Kier alpha value is -2.37. The summed E-state index contributed by atoms with van der Waals surface area (Å²) in [5.41, 5.74) is 2.37. The fraction of sp³-hybridized carbons (Fsp3) is 0.133. The number of nitrogens with zero attached hydrogens (tertiary/aromatic N) is 2. The van der Waals surface area contributed by atoms with E-state index in [9.17, 15) is 18.0 Å². The highest BCUT2D eigenvalue weighted by molar-refractivity contribution is 14.1. The van der Waals surface area contributed by atoms with E-state index in [2.05, 4.69) is 15.5 Å². The first-order valence-corrected chi connectivity index (χ1v) is 7.80. The molecule has 2 N–H and O–H groups in total. The molecule has 2 aromatic rings. The number of ether oxygens (including phenoxy) is 1. The van der Waals surface area contributed by atoms with E-state index in [-0.39, 0.29) is 5.82 Å². The molecule has 0 bridgehead atoms. The van der Waals surface area contributed by atoms with Gasteiger partial charge in [0.05, 0.1) is 15.3 Å². The molecule has 0 saturated carbocycles. The van der Waals surface area contributed by atoms with Crippen LogP contribution in [-0.4, -0.2) is 28.9 Å². The minimum absolute atomic E-state index is 0.167. The number of benzene rings is 1. The molecule has 2 rings (SSSR count). The number of hydrazone groups is 1. The number of carbonyl (C=O) groups is 1. The number of anilines is 1. The van der Waals surface area contributed by atoms with Gasteiger partial charge in [-0.1, -0.05) is 0 Å². The summed E-state index contributed by atoms with van der Waals surface area (Å²) in [6.07, 6.45) is -2.27. The molecule has 10 heteroatoms. The van der Waals surface area contributed by atoms with E-state index in [1.54, 1.807) is 18.2 Å². The molecule has 0 aliphatic rings. The summed E-state index contributed by atoms with van der Waals surface area (Å²) in [7, 11) is 0. The number of rotatable bonds is 6. The van der Waals surface area contributed by atoms with Gasteiger partial charge in [-0.2, -0.15) is 18.3 Å². The Balaban J connectivity index is 1.97. The van der Waals surface area contributed by atoms with Gasteiger partial charge in [0.15, 0.2) is 6.61 Å². The molecule has 0 aliphatic heterocycles. The largest absolute Gasteiger partial charge is 0.481 e. The van der Waals surface area contributed by atoms with E-state index in [1.807, 2.05) is 22.6 Å². The van der Waals surface area contributed by atoms with Crippen LogP contribution < -0.4 is 10.2 Å². The van der Waals surface area contributed by atoms with Crippen molar-refractivity contribution < 1.29 is 27.8 Å². The number of hydrogen-bond donors (Lipinski definition) is 2. The number of nitrogens with one attached hydrogen (secondary N) is 1. The summed E-state index contributed by atoms with van der Waals surface area (Å²) in [5, 5.41) is 12.5. The first-order valence-electron chi connectivity index (χ1n) is 6.72. The van der Waals surface area contributed by atoms with Crippen molar-refractivity contribution in [2.24, 2.45) is 5.10 Å². The van der Waals surface area contributed by atoms with Gasteiger partial charge in [-0.25, -0.2) is 9.78 Å². The molecule has 1 heterocycles. The standard InChI is InChI=1S/C15H11F3IN3O3/c16-15(17,18)10-2-4-13(20-7-10)22-21-6-9-1-3-12(11(19)5-9)25-8-14(23)24/h1-7H,8H2,(H,20,22)(H,23,24)/b21-6-. The third-order valence-electron chi connectivity index (χ3n) is 2.79. The summed E-state index contributed by atoms with van der Waals surface area (Å²) >= 11 is 1.99. The molecule has 1 aromatic heterocycles. The highest BCUT2D eigenvalue weighted by Gasteiger charge is 2.30. The summed E-state index contributed by atoms with van der Waals surface area (Å²) in [4.78, 5) is 14.1. The minimum atomic E-state index is -4.43. The van der Waals surface area contributed by atoms with Gasteiger partial charge in [-0.05, 0) is 58.5 Å². The van der Waals surface area contributed by atoms with E-state index < -0.39 is 24.3 Å². The number of carboxylic acid groups (broad SMARTS) is 1. The highest BCUT2D eigenvalue weighted by atomic mass is 127. The second-order valence-electron chi connectivity index (χ2n) is 4.67. The van der Waals surface area contributed by atoms with Crippen molar-refractivity contribution in [2.45, 2.75) is 6.18 Å². The molecular formula is C15H11F3IN3O3. The van der Waals surface area contributed by atoms with Crippen molar-refractivity contribution in [3.63, 3.8) is 0 Å². The topological polar surface area (TPSA) is 83.8 Å². The van der Waals surface area contributed by atoms with Crippen molar-refractivity contribution in [1.29, 1.82) is 0 Å². The van der Waals surface area contributed by atoms with Gasteiger partial charge < -0.3 is 9.84 Å². The predicted octanol–water partition coefficient (Wildman–Crippen LogP) is 3.61. The van der Waals surface area contributed by atoms with Gasteiger partial charge in [0.1, 0.15) is 11.6 Å². The molecule has 1 aromatic carbocycles. The van der Waals surface area contributed by atoms with Crippen LogP contribution in [0.5, 0.6) is 5.75 Å². The number of alkyl halides is 3. The second kappa shape index (κ2) is 8.14. The maximum Gasteiger partial charge on any atom is 0.417 e. The molecule has 25 heavy (non-hydrogen) atoms. The van der Waals surface area contributed by atoms with Crippen LogP contribution in [0.25, 0.3) is 0 Å². The van der Waals surface area contributed by atoms with Crippen molar-refractivity contribution in [2.75, 3.05) is 12.0 Å². The second-order valence-corrected chi connectivity index (χ2v) is 5.83. The van der Waals surface area contributed by atoms with Gasteiger partial charge in [0.25, 0.3) is 0 Å². The third-order valence-corrected chi connectivity index (χ3v) is 3.63. The maximum atomic E-state index is 12.4. The van der Waals surface area contributed by atoms with Gasteiger partial charge in [-0.15, -0.1) is 0 Å². The summed E-state index contributed by atoms with van der Waals surface area (Å²) in [6.45, 7) is -0.440. The average molecular weight is 465 g/mol.